The largest absolute Gasteiger partial charge is 0.507 e. The molecule has 2 aromatic carbocycles. The molecule has 0 spiro atoms. The van der Waals surface area contributed by atoms with Crippen molar-refractivity contribution in [3.05, 3.63) is 103 Å². The van der Waals surface area contributed by atoms with Crippen LogP contribution < -0.4 is 4.90 Å². The van der Waals surface area contributed by atoms with Gasteiger partial charge >= 0.3 is 5.91 Å². The first-order valence-corrected chi connectivity index (χ1v) is 10.4. The second-order valence-corrected chi connectivity index (χ2v) is 8.21. The van der Waals surface area contributed by atoms with E-state index in [4.69, 9.17) is 11.6 Å². The molecule has 2 heterocycles. The van der Waals surface area contributed by atoms with Gasteiger partial charge < -0.3 is 5.11 Å². The van der Waals surface area contributed by atoms with Crippen molar-refractivity contribution in [3.8, 4) is 0 Å². The standard InChI is InChI=1S/C22H13BrClN3O5/c23-14-5-10-17(25-11-14)26-19(12-3-8-16(9-4-12)27(31)32)18(21(29)22(26)30)20(28)13-1-6-15(24)7-2-13/h1-11,19,28H/b20-18+/t19-/m0/s1. The number of amides is 1. The van der Waals surface area contributed by atoms with Crippen molar-refractivity contribution < 1.29 is 19.6 Å². The van der Waals surface area contributed by atoms with E-state index in [1.807, 2.05) is 0 Å². The summed E-state index contributed by atoms with van der Waals surface area (Å²) in [5.41, 5.74) is 0.388. The van der Waals surface area contributed by atoms with Gasteiger partial charge in [-0.25, -0.2) is 4.98 Å². The molecule has 1 aliphatic rings. The number of aromatic nitrogens is 1. The van der Waals surface area contributed by atoms with Crippen LogP contribution in [-0.4, -0.2) is 26.7 Å². The topological polar surface area (TPSA) is 114 Å². The highest BCUT2D eigenvalue weighted by molar-refractivity contribution is 9.10. The molecule has 0 bridgehead atoms. The number of aliphatic hydroxyl groups excluding tert-OH is 1. The normalized spacial score (nSPS) is 17.6. The van der Waals surface area contributed by atoms with Gasteiger partial charge in [0.05, 0.1) is 16.5 Å². The van der Waals surface area contributed by atoms with Crippen LogP contribution in [0.2, 0.25) is 5.02 Å². The number of nitro benzene ring substituents is 1. The fourth-order valence-corrected chi connectivity index (χ4v) is 3.80. The second-order valence-electron chi connectivity index (χ2n) is 6.86. The highest BCUT2D eigenvalue weighted by atomic mass is 79.9. The molecule has 3 aromatic rings. The summed E-state index contributed by atoms with van der Waals surface area (Å²) in [5, 5.41) is 22.5. The lowest BCUT2D eigenvalue weighted by atomic mass is 9.95. The summed E-state index contributed by atoms with van der Waals surface area (Å²) in [6.07, 6.45) is 1.47. The lowest BCUT2D eigenvalue weighted by Crippen LogP contribution is -2.30. The molecule has 1 aromatic heterocycles. The van der Waals surface area contributed by atoms with Crippen molar-refractivity contribution in [2.75, 3.05) is 4.90 Å². The number of hydrogen-bond acceptors (Lipinski definition) is 6. The molecule has 0 radical (unpaired) electrons. The molecular weight excluding hydrogens is 502 g/mol. The molecule has 8 nitrogen and oxygen atoms in total. The molecule has 1 saturated heterocycles. The number of pyridine rings is 1. The van der Waals surface area contributed by atoms with E-state index in [-0.39, 0.29) is 22.8 Å². The maximum atomic E-state index is 13.0. The second kappa shape index (κ2) is 8.52. The zero-order valence-corrected chi connectivity index (χ0v) is 18.4. The van der Waals surface area contributed by atoms with E-state index in [0.717, 1.165) is 4.90 Å². The number of aliphatic hydroxyl groups is 1. The van der Waals surface area contributed by atoms with Gasteiger partial charge in [-0.1, -0.05) is 11.6 Å². The zero-order valence-electron chi connectivity index (χ0n) is 16.1. The van der Waals surface area contributed by atoms with Crippen molar-refractivity contribution in [3.63, 3.8) is 0 Å². The Hall–Kier alpha value is -3.56. The van der Waals surface area contributed by atoms with Crippen LogP contribution in [-0.2, 0) is 9.59 Å². The molecule has 1 fully saturated rings. The van der Waals surface area contributed by atoms with Crippen LogP contribution in [0, 0.1) is 10.1 Å². The number of carbonyl (C=O) groups excluding carboxylic acids is 2. The number of Topliss-reactive ketones (excluding diaryl/α,β-unsaturated/α-hetero) is 1. The zero-order chi connectivity index (χ0) is 23.0. The van der Waals surface area contributed by atoms with Crippen LogP contribution >= 0.6 is 27.5 Å². The summed E-state index contributed by atoms with van der Waals surface area (Å²) in [5.74, 6) is -1.97. The molecule has 1 amide bonds. The molecule has 0 unspecified atom stereocenters. The fourth-order valence-electron chi connectivity index (χ4n) is 3.44. The first-order chi connectivity index (χ1) is 15.3. The van der Waals surface area contributed by atoms with Gasteiger partial charge in [-0.2, -0.15) is 0 Å². The number of anilines is 1. The van der Waals surface area contributed by atoms with Gasteiger partial charge in [0.2, 0.25) is 0 Å². The highest BCUT2D eigenvalue weighted by Crippen LogP contribution is 2.42. The van der Waals surface area contributed by atoms with E-state index >= 15 is 0 Å². The number of halogens is 2. The molecule has 1 N–H and O–H groups in total. The Morgan fingerprint density at radius 2 is 1.72 bits per heavy atom. The van der Waals surface area contributed by atoms with E-state index in [1.54, 1.807) is 24.3 Å². The third-order valence-electron chi connectivity index (χ3n) is 4.94. The van der Waals surface area contributed by atoms with Gasteiger partial charge in [0.25, 0.3) is 11.5 Å². The van der Waals surface area contributed by atoms with Gasteiger partial charge in [-0.15, -0.1) is 0 Å². The summed E-state index contributed by atoms with van der Waals surface area (Å²) < 4.78 is 0.672. The van der Waals surface area contributed by atoms with Crippen molar-refractivity contribution in [2.24, 2.45) is 0 Å². The third kappa shape index (κ3) is 3.88. The summed E-state index contributed by atoms with van der Waals surface area (Å²) in [6, 6.07) is 13.7. The Kier molecular flexibility index (Phi) is 5.77. The Morgan fingerprint density at radius 3 is 2.28 bits per heavy atom. The summed E-state index contributed by atoms with van der Waals surface area (Å²) in [6.45, 7) is 0. The van der Waals surface area contributed by atoms with Gasteiger partial charge in [-0.05, 0) is 70.0 Å². The number of carbonyl (C=O) groups is 2. The predicted octanol–water partition coefficient (Wildman–Crippen LogP) is 5.03. The number of hydrogen-bond donors (Lipinski definition) is 1. The van der Waals surface area contributed by atoms with Crippen molar-refractivity contribution in [2.45, 2.75) is 6.04 Å². The SMILES string of the molecule is O=C1C(=O)N(c2ccc(Br)cn2)[C@@H](c2ccc([N+](=O)[O-])cc2)/C1=C(\O)c1ccc(Cl)cc1. The molecule has 0 saturated carbocycles. The van der Waals surface area contributed by atoms with Crippen molar-refractivity contribution in [1.82, 2.24) is 4.98 Å². The maximum absolute atomic E-state index is 13.0. The first-order valence-electron chi connectivity index (χ1n) is 9.21. The molecule has 0 aliphatic carbocycles. The van der Waals surface area contributed by atoms with Gasteiger partial charge in [0.15, 0.2) is 0 Å². The smallest absolute Gasteiger partial charge is 0.301 e. The quantitative estimate of drug-likeness (QED) is 0.172. The number of ketones is 1. The summed E-state index contributed by atoms with van der Waals surface area (Å²) in [7, 11) is 0. The highest BCUT2D eigenvalue weighted by Gasteiger charge is 2.47. The predicted molar refractivity (Wildman–Crippen MR) is 121 cm³/mol. The minimum Gasteiger partial charge on any atom is -0.507 e. The first kappa shape index (κ1) is 21.7. The van der Waals surface area contributed by atoms with Crippen molar-refractivity contribution >= 4 is 56.5 Å². The Morgan fingerprint density at radius 1 is 1.06 bits per heavy atom. The molecule has 160 valence electrons. The molecule has 1 aliphatic heterocycles. The van der Waals surface area contributed by atoms with Crippen LogP contribution in [0.5, 0.6) is 0 Å². The molecular formula is C22H13BrClN3O5. The van der Waals surface area contributed by atoms with Crippen LogP contribution in [0.25, 0.3) is 5.76 Å². The average molecular weight is 515 g/mol. The third-order valence-corrected chi connectivity index (χ3v) is 5.66. The molecule has 1 atom stereocenters. The number of rotatable bonds is 4. The van der Waals surface area contributed by atoms with Gasteiger partial charge in [0, 0.05) is 33.4 Å². The minimum atomic E-state index is -1.04. The molecule has 10 heteroatoms. The Balaban J connectivity index is 1.92. The van der Waals surface area contributed by atoms with Crippen LogP contribution in [0.4, 0.5) is 11.5 Å². The van der Waals surface area contributed by atoms with Gasteiger partial charge in [0.1, 0.15) is 11.6 Å². The maximum Gasteiger partial charge on any atom is 0.301 e. The Bertz CT molecular complexity index is 1260. The van der Waals surface area contributed by atoms with E-state index in [9.17, 15) is 24.8 Å². The lowest BCUT2D eigenvalue weighted by Gasteiger charge is -2.24. The van der Waals surface area contributed by atoms with E-state index in [0.29, 0.717) is 20.6 Å². The summed E-state index contributed by atoms with van der Waals surface area (Å²) in [4.78, 5) is 41.9. The molecule has 4 rings (SSSR count). The lowest BCUT2D eigenvalue weighted by molar-refractivity contribution is -0.384. The number of non-ortho nitro benzene ring substituents is 1. The number of nitrogens with zero attached hydrogens (tertiary/aromatic N) is 3. The van der Waals surface area contributed by atoms with E-state index < -0.39 is 22.7 Å². The fraction of sp³-hybridized carbons (Fsp3) is 0.0455. The Labute approximate surface area is 195 Å². The van der Waals surface area contributed by atoms with E-state index in [1.165, 1.54) is 42.6 Å². The average Bonchev–Trinajstić information content (AvgIpc) is 3.05. The monoisotopic (exact) mass is 513 g/mol. The van der Waals surface area contributed by atoms with Crippen LogP contribution in [0.1, 0.15) is 17.2 Å². The van der Waals surface area contributed by atoms with Crippen molar-refractivity contribution in [1.29, 1.82) is 0 Å². The number of benzene rings is 2. The van der Waals surface area contributed by atoms with E-state index in [2.05, 4.69) is 20.9 Å². The number of nitro groups is 1. The van der Waals surface area contributed by atoms with Crippen LogP contribution in [0.15, 0.2) is 76.9 Å². The minimum absolute atomic E-state index is 0.148. The summed E-state index contributed by atoms with van der Waals surface area (Å²) >= 11 is 9.19. The van der Waals surface area contributed by atoms with Gasteiger partial charge in [-0.3, -0.25) is 24.6 Å². The van der Waals surface area contributed by atoms with Crippen LogP contribution in [0.3, 0.4) is 0 Å². The molecule has 32 heavy (non-hydrogen) atoms.